The molecule has 3 heterocycles. The highest BCUT2D eigenvalue weighted by Gasteiger charge is 2.50. The molecule has 1 saturated heterocycles. The Hall–Kier alpha value is -5.16. The lowest BCUT2D eigenvalue weighted by atomic mass is 9.87. The summed E-state index contributed by atoms with van der Waals surface area (Å²) in [6.45, 7) is 2.31. The number of hydrogen-bond acceptors (Lipinski definition) is 8. The summed E-state index contributed by atoms with van der Waals surface area (Å²) in [5, 5.41) is 0. The molecule has 0 unspecified atom stereocenters. The summed E-state index contributed by atoms with van der Waals surface area (Å²) in [5.74, 6) is 3.32. The van der Waals surface area contributed by atoms with E-state index in [2.05, 4.69) is 24.3 Å². The van der Waals surface area contributed by atoms with Crippen molar-refractivity contribution < 1.29 is 37.5 Å². The van der Waals surface area contributed by atoms with Crippen LogP contribution in [0.1, 0.15) is 50.6 Å². The largest absolute Gasteiger partial charge is 0.493 e. The zero-order valence-corrected chi connectivity index (χ0v) is 34.3. The lowest BCUT2D eigenvalue weighted by Gasteiger charge is -2.44. The number of ether oxygens (including phenoxy) is 7. The molecule has 6 aromatic carbocycles. The van der Waals surface area contributed by atoms with Gasteiger partial charge in [0.05, 0.1) is 39.6 Å². The molecule has 0 spiro atoms. The second-order valence-corrected chi connectivity index (χ2v) is 16.5. The van der Waals surface area contributed by atoms with Crippen LogP contribution in [0.4, 0.5) is 4.39 Å². The second-order valence-electron chi connectivity index (χ2n) is 15.4. The molecule has 7 nitrogen and oxygen atoms in total. The van der Waals surface area contributed by atoms with Crippen LogP contribution in [0.5, 0.6) is 17.2 Å². The highest BCUT2D eigenvalue weighted by atomic mass is 32.2. The van der Waals surface area contributed by atoms with Crippen LogP contribution in [0.2, 0.25) is 0 Å². The van der Waals surface area contributed by atoms with E-state index in [1.165, 1.54) is 0 Å². The van der Waals surface area contributed by atoms with Crippen molar-refractivity contribution >= 4 is 11.8 Å². The van der Waals surface area contributed by atoms with Gasteiger partial charge in [-0.3, -0.25) is 0 Å². The van der Waals surface area contributed by atoms with Gasteiger partial charge in [-0.15, -0.1) is 11.8 Å². The summed E-state index contributed by atoms with van der Waals surface area (Å²) in [4.78, 5) is 1.13. The molecular weight excluding hydrogens is 776 g/mol. The minimum absolute atomic E-state index is 0.0130. The summed E-state index contributed by atoms with van der Waals surface area (Å²) in [6, 6.07) is 48.3. The summed E-state index contributed by atoms with van der Waals surface area (Å²) in [5.41, 5.74) is 7.78. The van der Waals surface area contributed by atoms with E-state index in [0.29, 0.717) is 45.0 Å². The maximum atomic E-state index is 17.3. The van der Waals surface area contributed by atoms with E-state index < -0.39 is 30.6 Å². The molecule has 3 aliphatic rings. The first-order valence-corrected chi connectivity index (χ1v) is 21.7. The number of alkyl halides is 1. The Bertz CT molecular complexity index is 2300. The van der Waals surface area contributed by atoms with Crippen molar-refractivity contribution in [1.82, 2.24) is 0 Å². The Kier molecular flexibility index (Phi) is 13.1. The zero-order valence-electron chi connectivity index (χ0n) is 33.5. The van der Waals surface area contributed by atoms with Gasteiger partial charge in [-0.2, -0.15) is 0 Å². The molecule has 9 heteroatoms. The third kappa shape index (κ3) is 9.57. The fourth-order valence-electron chi connectivity index (χ4n) is 8.17. The highest BCUT2D eigenvalue weighted by Crippen LogP contribution is 2.48. The first kappa shape index (κ1) is 40.3. The van der Waals surface area contributed by atoms with Crippen molar-refractivity contribution in [2.45, 2.75) is 74.8 Å². The van der Waals surface area contributed by atoms with Crippen LogP contribution in [0.25, 0.3) is 0 Å². The summed E-state index contributed by atoms with van der Waals surface area (Å²) in [6.07, 6.45) is -3.95. The molecule has 0 aromatic heterocycles. The smallest absolute Gasteiger partial charge is 0.157 e. The predicted molar refractivity (Wildman–Crippen MR) is 231 cm³/mol. The van der Waals surface area contributed by atoms with Crippen LogP contribution in [-0.2, 0) is 58.2 Å². The molecule has 0 aliphatic carbocycles. The molecule has 60 heavy (non-hydrogen) atoms. The van der Waals surface area contributed by atoms with Gasteiger partial charge < -0.3 is 33.2 Å². The first-order valence-electron chi connectivity index (χ1n) is 20.8. The first-order chi connectivity index (χ1) is 29.7. The van der Waals surface area contributed by atoms with E-state index in [1.807, 2.05) is 133 Å². The van der Waals surface area contributed by atoms with Crippen molar-refractivity contribution in [1.29, 1.82) is 0 Å². The Labute approximate surface area is 355 Å². The van der Waals surface area contributed by atoms with E-state index in [0.717, 1.165) is 66.7 Å². The summed E-state index contributed by atoms with van der Waals surface area (Å²) in [7, 11) is 0. The average molecular weight is 825 g/mol. The molecule has 308 valence electrons. The van der Waals surface area contributed by atoms with Gasteiger partial charge in [0.15, 0.2) is 6.17 Å². The third-order valence-corrected chi connectivity index (χ3v) is 12.1. The van der Waals surface area contributed by atoms with Crippen LogP contribution >= 0.6 is 11.8 Å². The van der Waals surface area contributed by atoms with Crippen LogP contribution < -0.4 is 14.2 Å². The van der Waals surface area contributed by atoms with Gasteiger partial charge in [0.1, 0.15) is 48.3 Å². The van der Waals surface area contributed by atoms with Gasteiger partial charge in [-0.05, 0) is 51.6 Å². The highest BCUT2D eigenvalue weighted by molar-refractivity contribution is 7.99. The lowest BCUT2D eigenvalue weighted by Crippen LogP contribution is -2.55. The fourth-order valence-corrected chi connectivity index (χ4v) is 9.06. The molecule has 6 aromatic rings. The van der Waals surface area contributed by atoms with Crippen molar-refractivity contribution in [2.75, 3.05) is 25.6 Å². The molecule has 0 saturated carbocycles. The lowest BCUT2D eigenvalue weighted by molar-refractivity contribution is -0.248. The van der Waals surface area contributed by atoms with Gasteiger partial charge in [-0.1, -0.05) is 127 Å². The van der Waals surface area contributed by atoms with Crippen LogP contribution in [-0.4, -0.2) is 50.1 Å². The normalized spacial score (nSPS) is 20.7. The third-order valence-electron chi connectivity index (χ3n) is 11.1. The number of halogens is 1. The topological polar surface area (TPSA) is 64.6 Å². The van der Waals surface area contributed by atoms with Crippen LogP contribution in [0, 0.1) is 0 Å². The van der Waals surface area contributed by atoms with Crippen molar-refractivity contribution in [3.63, 3.8) is 0 Å². The fraction of sp³-hybridized carbons (Fsp3) is 0.294. The summed E-state index contributed by atoms with van der Waals surface area (Å²) < 4.78 is 63.3. The minimum atomic E-state index is -1.57. The zero-order chi connectivity index (χ0) is 40.5. The van der Waals surface area contributed by atoms with Crippen molar-refractivity contribution in [3.8, 4) is 17.2 Å². The van der Waals surface area contributed by atoms with Gasteiger partial charge in [0.2, 0.25) is 0 Å². The Morgan fingerprint density at radius 2 is 1.23 bits per heavy atom. The van der Waals surface area contributed by atoms with Crippen molar-refractivity contribution in [3.05, 3.63) is 190 Å². The SMILES string of the molecule is F[C@H]1[C@H](OCc2ccccc2)[C@@H](OCc2ccccc2)[C@H](c2cc(Cc3ccc4c(c3)SCCO4)c3c(c2OCc2ccccc2)CCO3)O[C@@H]1COCc1ccccc1. The molecular formula is C51H49FO7S. The van der Waals surface area contributed by atoms with E-state index in [-0.39, 0.29) is 19.8 Å². The number of fused-ring (bicyclic) bond motifs is 2. The van der Waals surface area contributed by atoms with Gasteiger partial charge in [0, 0.05) is 34.6 Å². The average Bonchev–Trinajstić information content (AvgIpc) is 3.80. The van der Waals surface area contributed by atoms with Gasteiger partial charge >= 0.3 is 0 Å². The molecule has 0 radical (unpaired) electrons. The number of rotatable bonds is 16. The standard InChI is InChI=1S/C51H49FO7S/c52-46-44(34-53-30-35-13-5-1-6-14-35)59-49(51(58-33-38-19-11-4-12-20-38)50(46)57-32-37-17-9-3-10-18-37)42-29-40(27-39-21-22-43-45(28-39)60-26-25-54-43)47-41(23-24-55-47)48(42)56-31-36-15-7-2-8-16-36/h1-22,28-29,44,46,49-51H,23-27,30-34H2/t44-,46-,49+,50+,51+/m1/s1. The summed E-state index contributed by atoms with van der Waals surface area (Å²) >= 11 is 1.81. The van der Waals surface area contributed by atoms with E-state index in [4.69, 9.17) is 33.2 Å². The van der Waals surface area contributed by atoms with E-state index in [9.17, 15) is 0 Å². The Morgan fingerprint density at radius 1 is 0.617 bits per heavy atom. The van der Waals surface area contributed by atoms with Crippen LogP contribution in [0.3, 0.4) is 0 Å². The number of thioether (sulfide) groups is 1. The molecule has 5 atom stereocenters. The quantitative estimate of drug-likeness (QED) is 0.0956. The minimum Gasteiger partial charge on any atom is -0.493 e. The van der Waals surface area contributed by atoms with E-state index in [1.54, 1.807) is 0 Å². The maximum Gasteiger partial charge on any atom is 0.157 e. The second kappa shape index (κ2) is 19.5. The van der Waals surface area contributed by atoms with Gasteiger partial charge in [-0.25, -0.2) is 4.39 Å². The number of benzene rings is 6. The van der Waals surface area contributed by atoms with Gasteiger partial charge in [0.25, 0.3) is 0 Å². The maximum absolute atomic E-state index is 17.3. The van der Waals surface area contributed by atoms with Crippen molar-refractivity contribution in [2.24, 2.45) is 0 Å². The molecule has 0 N–H and O–H groups in total. The molecule has 3 aliphatic heterocycles. The van der Waals surface area contributed by atoms with Crippen LogP contribution in [0.15, 0.2) is 150 Å². The molecule has 1 fully saturated rings. The molecule has 0 bridgehead atoms. The number of hydrogen-bond donors (Lipinski definition) is 0. The van der Waals surface area contributed by atoms with E-state index >= 15 is 4.39 Å². The predicted octanol–water partition coefficient (Wildman–Crippen LogP) is 10.4. The molecule has 0 amide bonds. The monoisotopic (exact) mass is 824 g/mol. The Balaban J connectivity index is 1.13. The Morgan fingerprint density at radius 3 is 1.90 bits per heavy atom. The molecule has 9 rings (SSSR count).